The van der Waals surface area contributed by atoms with Crippen LogP contribution in [0.1, 0.15) is 17.3 Å². The van der Waals surface area contributed by atoms with E-state index < -0.39 is 17.1 Å². The van der Waals surface area contributed by atoms with Gasteiger partial charge in [0.2, 0.25) is 5.43 Å². The highest BCUT2D eigenvalue weighted by Crippen LogP contribution is 2.09. The Bertz CT molecular complexity index is 731. The van der Waals surface area contributed by atoms with Crippen molar-refractivity contribution in [2.45, 2.75) is 6.92 Å². The number of hydrogen-bond donors (Lipinski definition) is 3. The van der Waals surface area contributed by atoms with Crippen LogP contribution in [-0.2, 0) is 4.74 Å². The molecule has 2 aromatic rings. The van der Waals surface area contributed by atoms with Gasteiger partial charge in [-0.1, -0.05) is 0 Å². The van der Waals surface area contributed by atoms with Gasteiger partial charge < -0.3 is 15.5 Å². The number of ether oxygens (including phenoxy) is 1. The number of anilines is 1. The molecular weight excluding hydrogens is 240 g/mol. The molecule has 0 aliphatic carbocycles. The third kappa shape index (κ3) is 1.83. The molecule has 4 N–H and O–H groups in total. The Morgan fingerprint density at radius 2 is 2.22 bits per heavy atom. The average Bonchev–Trinajstić information content (AvgIpc) is 2.28. The summed E-state index contributed by atoms with van der Waals surface area (Å²) in [6.07, 6.45) is 1.15. The van der Waals surface area contributed by atoms with Crippen molar-refractivity contribution in [2.75, 3.05) is 12.3 Å². The van der Waals surface area contributed by atoms with Crippen molar-refractivity contribution in [1.82, 2.24) is 15.0 Å². The average molecular weight is 250 g/mol. The van der Waals surface area contributed by atoms with Crippen molar-refractivity contribution in [3.63, 3.8) is 0 Å². The van der Waals surface area contributed by atoms with Crippen LogP contribution < -0.4 is 16.9 Å². The molecule has 0 amide bonds. The van der Waals surface area contributed by atoms with Crippen LogP contribution in [0.5, 0.6) is 0 Å². The number of pyridine rings is 1. The maximum Gasteiger partial charge on any atom is 0.348 e. The van der Waals surface area contributed by atoms with E-state index in [2.05, 4.69) is 15.0 Å². The van der Waals surface area contributed by atoms with E-state index in [1.54, 1.807) is 6.92 Å². The molecule has 0 unspecified atom stereocenters. The lowest BCUT2D eigenvalue weighted by Gasteiger charge is -2.03. The summed E-state index contributed by atoms with van der Waals surface area (Å²) in [5, 5.41) is -0.0415. The molecule has 2 rings (SSSR count). The van der Waals surface area contributed by atoms with Gasteiger partial charge in [-0.05, 0) is 6.92 Å². The summed E-state index contributed by atoms with van der Waals surface area (Å²) >= 11 is 0. The Hall–Kier alpha value is -2.64. The molecule has 0 spiro atoms. The fourth-order valence-corrected chi connectivity index (χ4v) is 1.53. The summed E-state index contributed by atoms with van der Waals surface area (Å²) in [7, 11) is 0. The minimum Gasteiger partial charge on any atom is -0.462 e. The number of nitrogens with zero attached hydrogens (tertiary/aromatic N) is 1. The highest BCUT2D eigenvalue weighted by atomic mass is 16.5. The van der Waals surface area contributed by atoms with E-state index in [1.807, 2.05) is 0 Å². The van der Waals surface area contributed by atoms with E-state index in [0.29, 0.717) is 0 Å². The number of rotatable bonds is 2. The van der Waals surface area contributed by atoms with E-state index in [0.717, 1.165) is 6.20 Å². The van der Waals surface area contributed by atoms with Crippen molar-refractivity contribution in [1.29, 1.82) is 0 Å². The highest BCUT2D eigenvalue weighted by molar-refractivity contribution is 5.95. The Balaban J connectivity index is 2.76. The molecule has 0 bridgehead atoms. The lowest BCUT2D eigenvalue weighted by molar-refractivity contribution is 0.0524. The first kappa shape index (κ1) is 11.8. The molecule has 8 heteroatoms. The number of esters is 1. The van der Waals surface area contributed by atoms with Gasteiger partial charge in [-0.2, -0.15) is 4.98 Å². The number of fused-ring (bicyclic) bond motifs is 1. The van der Waals surface area contributed by atoms with Gasteiger partial charge in [0, 0.05) is 6.20 Å². The quantitative estimate of drug-likeness (QED) is 0.608. The van der Waals surface area contributed by atoms with Gasteiger partial charge in [0.1, 0.15) is 16.8 Å². The zero-order valence-electron chi connectivity index (χ0n) is 9.44. The lowest BCUT2D eigenvalue weighted by Crippen LogP contribution is -2.22. The monoisotopic (exact) mass is 250 g/mol. The van der Waals surface area contributed by atoms with Gasteiger partial charge in [0.05, 0.1) is 6.61 Å². The summed E-state index contributed by atoms with van der Waals surface area (Å²) in [4.78, 5) is 42.9. The number of carbonyl (C=O) groups excluding carboxylic acids is 1. The zero-order chi connectivity index (χ0) is 13.3. The van der Waals surface area contributed by atoms with Gasteiger partial charge in [-0.3, -0.25) is 9.78 Å². The van der Waals surface area contributed by atoms with Crippen molar-refractivity contribution < 1.29 is 9.53 Å². The highest BCUT2D eigenvalue weighted by Gasteiger charge is 2.16. The summed E-state index contributed by atoms with van der Waals surface area (Å²) in [5.41, 5.74) is 4.05. The van der Waals surface area contributed by atoms with Crippen LogP contribution in [0.2, 0.25) is 0 Å². The van der Waals surface area contributed by atoms with Crippen molar-refractivity contribution in [3.8, 4) is 0 Å². The third-order valence-electron chi connectivity index (χ3n) is 2.28. The number of nitrogens with two attached hydrogens (primary N) is 1. The number of aromatic amines is 2. The number of H-pyrrole nitrogens is 2. The second-order valence-corrected chi connectivity index (χ2v) is 3.43. The molecule has 0 fully saturated rings. The Labute approximate surface area is 99.8 Å². The molecule has 0 saturated carbocycles. The number of aromatic nitrogens is 3. The molecule has 2 aromatic heterocycles. The Morgan fingerprint density at radius 1 is 1.50 bits per heavy atom. The molecule has 0 radical (unpaired) electrons. The van der Waals surface area contributed by atoms with Crippen LogP contribution in [0.3, 0.4) is 0 Å². The first-order valence-corrected chi connectivity index (χ1v) is 5.13. The molecule has 0 aliphatic rings. The number of carbonyl (C=O) groups is 1. The SMILES string of the molecule is CCOC(=O)c1c[nH]c2nc(=O)[nH]c(N)c2c1=O. The van der Waals surface area contributed by atoms with Gasteiger partial charge >= 0.3 is 11.7 Å². The molecule has 94 valence electrons. The largest absolute Gasteiger partial charge is 0.462 e. The summed E-state index contributed by atoms with van der Waals surface area (Å²) in [6.45, 7) is 1.77. The van der Waals surface area contributed by atoms with Gasteiger partial charge in [0.15, 0.2) is 5.65 Å². The van der Waals surface area contributed by atoms with E-state index in [1.165, 1.54) is 0 Å². The number of nitrogen functional groups attached to an aromatic ring is 1. The fourth-order valence-electron chi connectivity index (χ4n) is 1.53. The number of hydrogen-bond acceptors (Lipinski definition) is 6. The van der Waals surface area contributed by atoms with Gasteiger partial charge in [-0.25, -0.2) is 9.59 Å². The summed E-state index contributed by atoms with van der Waals surface area (Å²) in [6, 6.07) is 0. The number of nitrogens with one attached hydrogen (secondary N) is 2. The topological polar surface area (TPSA) is 131 Å². The first-order valence-electron chi connectivity index (χ1n) is 5.13. The van der Waals surface area contributed by atoms with E-state index >= 15 is 0 Å². The fraction of sp³-hybridized carbons (Fsp3) is 0.200. The van der Waals surface area contributed by atoms with Crippen LogP contribution in [0.15, 0.2) is 15.8 Å². The van der Waals surface area contributed by atoms with Crippen LogP contribution >= 0.6 is 0 Å². The molecule has 0 atom stereocenters. The Kier molecular flexibility index (Phi) is 2.84. The van der Waals surface area contributed by atoms with E-state index in [4.69, 9.17) is 10.5 Å². The second-order valence-electron chi connectivity index (χ2n) is 3.43. The van der Waals surface area contributed by atoms with Gasteiger partial charge in [0.25, 0.3) is 0 Å². The maximum atomic E-state index is 12.0. The lowest BCUT2D eigenvalue weighted by atomic mass is 10.2. The molecule has 0 aliphatic heterocycles. The Morgan fingerprint density at radius 3 is 2.89 bits per heavy atom. The van der Waals surface area contributed by atoms with Crippen molar-refractivity contribution in [3.05, 3.63) is 32.5 Å². The minimum atomic E-state index is -0.758. The van der Waals surface area contributed by atoms with Gasteiger partial charge in [-0.15, -0.1) is 0 Å². The molecule has 0 aromatic carbocycles. The van der Waals surface area contributed by atoms with Crippen LogP contribution in [0, 0.1) is 0 Å². The van der Waals surface area contributed by atoms with Crippen LogP contribution in [-0.4, -0.2) is 27.5 Å². The van der Waals surface area contributed by atoms with Crippen LogP contribution in [0.25, 0.3) is 11.0 Å². The van der Waals surface area contributed by atoms with E-state index in [-0.39, 0.29) is 29.0 Å². The molecular formula is C10H10N4O4. The predicted molar refractivity (Wildman–Crippen MR) is 63.4 cm³/mol. The third-order valence-corrected chi connectivity index (χ3v) is 2.28. The van der Waals surface area contributed by atoms with E-state index in [9.17, 15) is 14.4 Å². The molecule has 8 nitrogen and oxygen atoms in total. The zero-order valence-corrected chi connectivity index (χ0v) is 9.44. The first-order chi connectivity index (χ1) is 8.54. The molecule has 2 heterocycles. The van der Waals surface area contributed by atoms with Crippen molar-refractivity contribution in [2.24, 2.45) is 0 Å². The minimum absolute atomic E-state index is 0.0225. The normalized spacial score (nSPS) is 10.5. The smallest absolute Gasteiger partial charge is 0.348 e. The second kappa shape index (κ2) is 4.32. The van der Waals surface area contributed by atoms with Crippen molar-refractivity contribution >= 4 is 22.8 Å². The maximum absolute atomic E-state index is 12.0. The molecule has 0 saturated heterocycles. The standard InChI is InChI=1S/C10H10N4O4/c1-2-18-9(16)4-3-12-8-5(6(4)15)7(11)13-10(17)14-8/h3H,2H2,1H3,(H4,11,12,13,14,15,17). The molecule has 18 heavy (non-hydrogen) atoms. The summed E-state index contributed by atoms with van der Waals surface area (Å²) < 4.78 is 4.73. The predicted octanol–water partition coefficient (Wildman–Crippen LogP) is -0.630. The van der Waals surface area contributed by atoms with Crippen LogP contribution in [0.4, 0.5) is 5.82 Å². The summed E-state index contributed by atoms with van der Waals surface area (Å²) in [5.74, 6) is -0.899.